The maximum Gasteiger partial charge on any atom is 0.128 e. The molecule has 1 atom stereocenters. The summed E-state index contributed by atoms with van der Waals surface area (Å²) in [6, 6.07) is 4.68. The molecule has 6 heteroatoms. The molecule has 0 bridgehead atoms. The zero-order valence-electron chi connectivity index (χ0n) is 14.5. The van der Waals surface area contributed by atoms with Crippen molar-refractivity contribution in [2.45, 2.75) is 31.8 Å². The molecule has 0 amide bonds. The van der Waals surface area contributed by atoms with E-state index in [0.29, 0.717) is 6.04 Å². The van der Waals surface area contributed by atoms with Crippen LogP contribution < -0.4 is 10.2 Å². The fourth-order valence-corrected chi connectivity index (χ4v) is 3.10. The zero-order valence-corrected chi connectivity index (χ0v) is 14.5. The lowest BCUT2D eigenvalue weighted by molar-refractivity contribution is 0.275. The van der Waals surface area contributed by atoms with Crippen molar-refractivity contribution in [3.05, 3.63) is 42.6 Å². The Morgan fingerprint density at radius 3 is 2.67 bits per heavy atom. The predicted octanol–water partition coefficient (Wildman–Crippen LogP) is 2.40. The summed E-state index contributed by atoms with van der Waals surface area (Å²) in [6.07, 6.45) is 10.9. The topological polar surface area (TPSA) is 57.2 Å². The van der Waals surface area contributed by atoms with Gasteiger partial charge in [0, 0.05) is 51.2 Å². The van der Waals surface area contributed by atoms with E-state index < -0.39 is 0 Å². The number of hydrogen-bond donors (Lipinski definition) is 1. The molecule has 2 aromatic rings. The number of aromatic nitrogens is 3. The summed E-state index contributed by atoms with van der Waals surface area (Å²) in [5.41, 5.74) is 2.29. The molecule has 1 fully saturated rings. The van der Waals surface area contributed by atoms with E-state index in [4.69, 9.17) is 0 Å². The summed E-state index contributed by atoms with van der Waals surface area (Å²) in [5.74, 6) is 0.984. The Labute approximate surface area is 143 Å². The number of hydrogen-bond acceptors (Lipinski definition) is 6. The van der Waals surface area contributed by atoms with E-state index in [1.54, 1.807) is 6.33 Å². The summed E-state index contributed by atoms with van der Waals surface area (Å²) in [4.78, 5) is 17.2. The Bertz CT molecular complexity index is 613. The Kier molecular flexibility index (Phi) is 5.59. The normalized spacial score (nSPS) is 18.8. The first-order valence-corrected chi connectivity index (χ1v) is 8.57. The third-order valence-corrected chi connectivity index (χ3v) is 4.42. The van der Waals surface area contributed by atoms with Gasteiger partial charge in [-0.1, -0.05) is 0 Å². The van der Waals surface area contributed by atoms with Crippen LogP contribution >= 0.6 is 0 Å². The molecule has 128 valence electrons. The van der Waals surface area contributed by atoms with Crippen molar-refractivity contribution >= 4 is 11.5 Å². The lowest BCUT2D eigenvalue weighted by Gasteiger charge is -2.20. The van der Waals surface area contributed by atoms with E-state index in [9.17, 15) is 0 Å². The van der Waals surface area contributed by atoms with E-state index in [0.717, 1.165) is 37.6 Å². The van der Waals surface area contributed by atoms with Crippen molar-refractivity contribution in [1.82, 2.24) is 19.9 Å². The average Bonchev–Trinajstić information content (AvgIpc) is 2.82. The Morgan fingerprint density at radius 1 is 1.12 bits per heavy atom. The lowest BCUT2D eigenvalue weighted by atomic mass is 10.1. The summed E-state index contributed by atoms with van der Waals surface area (Å²) >= 11 is 0. The van der Waals surface area contributed by atoms with Gasteiger partial charge in [0.1, 0.15) is 12.1 Å². The first kappa shape index (κ1) is 16.6. The Hall–Kier alpha value is -2.21. The number of nitrogens with zero attached hydrogens (tertiary/aromatic N) is 5. The van der Waals surface area contributed by atoms with Gasteiger partial charge in [-0.05, 0) is 37.9 Å². The number of rotatable bonds is 5. The van der Waals surface area contributed by atoms with Crippen molar-refractivity contribution < 1.29 is 0 Å². The number of likely N-dealkylation sites (tertiary alicyclic amines) is 1. The third kappa shape index (κ3) is 4.64. The summed E-state index contributed by atoms with van der Waals surface area (Å²) in [7, 11) is 4.01. The second-order valence-electron chi connectivity index (χ2n) is 6.59. The molecule has 0 saturated carbocycles. The van der Waals surface area contributed by atoms with Crippen molar-refractivity contribution in [2.75, 3.05) is 37.4 Å². The second-order valence-corrected chi connectivity index (χ2v) is 6.59. The smallest absolute Gasteiger partial charge is 0.128 e. The highest BCUT2D eigenvalue weighted by molar-refractivity contribution is 5.48. The predicted molar refractivity (Wildman–Crippen MR) is 97.1 cm³/mol. The minimum Gasteiger partial charge on any atom is -0.381 e. The molecule has 3 rings (SSSR count). The number of pyridine rings is 1. The molecule has 2 aromatic heterocycles. The molecule has 0 spiro atoms. The molecule has 1 aliphatic rings. The zero-order chi connectivity index (χ0) is 16.8. The molecule has 24 heavy (non-hydrogen) atoms. The highest BCUT2D eigenvalue weighted by Crippen LogP contribution is 2.19. The van der Waals surface area contributed by atoms with E-state index in [1.165, 1.54) is 18.4 Å². The maximum atomic E-state index is 4.48. The van der Waals surface area contributed by atoms with Gasteiger partial charge in [0.25, 0.3) is 0 Å². The molecule has 1 N–H and O–H groups in total. The molecule has 6 nitrogen and oxygen atoms in total. The molecular weight excluding hydrogens is 300 g/mol. The van der Waals surface area contributed by atoms with Crippen LogP contribution in [0.1, 0.15) is 24.8 Å². The van der Waals surface area contributed by atoms with Gasteiger partial charge in [-0.15, -0.1) is 0 Å². The minimum atomic E-state index is 0.508. The first-order chi connectivity index (χ1) is 11.7. The molecule has 1 unspecified atom stereocenters. The Balaban J connectivity index is 1.52. The SMILES string of the molecule is CN(C)c1ccc(NC2CCCN(Cc3cncnc3)CC2)cn1. The van der Waals surface area contributed by atoms with E-state index in [1.807, 2.05) is 37.6 Å². The quantitative estimate of drug-likeness (QED) is 0.910. The van der Waals surface area contributed by atoms with Crippen LogP contribution in [0.4, 0.5) is 11.5 Å². The Morgan fingerprint density at radius 2 is 1.96 bits per heavy atom. The second kappa shape index (κ2) is 8.06. The van der Waals surface area contributed by atoms with Crippen molar-refractivity contribution in [2.24, 2.45) is 0 Å². The number of nitrogens with one attached hydrogen (secondary N) is 1. The highest BCUT2D eigenvalue weighted by Gasteiger charge is 2.17. The molecular formula is C18H26N6. The van der Waals surface area contributed by atoms with Crippen LogP contribution in [0.3, 0.4) is 0 Å². The van der Waals surface area contributed by atoms with Gasteiger partial charge in [-0.2, -0.15) is 0 Å². The van der Waals surface area contributed by atoms with Gasteiger partial charge in [0.2, 0.25) is 0 Å². The monoisotopic (exact) mass is 326 g/mol. The van der Waals surface area contributed by atoms with Crippen LogP contribution in [0, 0.1) is 0 Å². The summed E-state index contributed by atoms with van der Waals surface area (Å²) < 4.78 is 0. The van der Waals surface area contributed by atoms with Crippen LogP contribution in [-0.2, 0) is 6.54 Å². The van der Waals surface area contributed by atoms with E-state index >= 15 is 0 Å². The first-order valence-electron chi connectivity index (χ1n) is 8.57. The van der Waals surface area contributed by atoms with Crippen molar-refractivity contribution in [3.8, 4) is 0 Å². The lowest BCUT2D eigenvalue weighted by Crippen LogP contribution is -2.26. The van der Waals surface area contributed by atoms with E-state index in [2.05, 4.69) is 37.3 Å². The summed E-state index contributed by atoms with van der Waals surface area (Å²) in [5, 5.41) is 3.64. The van der Waals surface area contributed by atoms with Gasteiger partial charge in [-0.25, -0.2) is 15.0 Å². The fraction of sp³-hybridized carbons (Fsp3) is 0.500. The largest absolute Gasteiger partial charge is 0.381 e. The van der Waals surface area contributed by atoms with Crippen LogP contribution in [0.2, 0.25) is 0 Å². The molecule has 0 aromatic carbocycles. The van der Waals surface area contributed by atoms with Gasteiger partial charge < -0.3 is 10.2 Å². The maximum absolute atomic E-state index is 4.48. The third-order valence-electron chi connectivity index (χ3n) is 4.42. The standard InChI is InChI=1S/C18H26N6/c1-23(2)18-6-5-17(12-21-18)22-16-4-3-8-24(9-7-16)13-15-10-19-14-20-11-15/h5-6,10-12,14,16,22H,3-4,7-9,13H2,1-2H3. The summed E-state index contributed by atoms with van der Waals surface area (Å²) in [6.45, 7) is 3.16. The highest BCUT2D eigenvalue weighted by atomic mass is 15.1. The van der Waals surface area contributed by atoms with Crippen LogP contribution in [0.5, 0.6) is 0 Å². The van der Waals surface area contributed by atoms with Crippen LogP contribution in [0.15, 0.2) is 37.1 Å². The van der Waals surface area contributed by atoms with E-state index in [-0.39, 0.29) is 0 Å². The van der Waals surface area contributed by atoms with Gasteiger partial charge in [0.05, 0.1) is 11.9 Å². The number of anilines is 2. The van der Waals surface area contributed by atoms with Gasteiger partial charge in [-0.3, -0.25) is 4.90 Å². The van der Waals surface area contributed by atoms with Crippen molar-refractivity contribution in [3.63, 3.8) is 0 Å². The molecule has 1 saturated heterocycles. The fourth-order valence-electron chi connectivity index (χ4n) is 3.10. The minimum absolute atomic E-state index is 0.508. The average molecular weight is 326 g/mol. The molecule has 1 aliphatic heterocycles. The van der Waals surface area contributed by atoms with Crippen LogP contribution in [-0.4, -0.2) is 53.1 Å². The molecule has 3 heterocycles. The van der Waals surface area contributed by atoms with Crippen molar-refractivity contribution in [1.29, 1.82) is 0 Å². The van der Waals surface area contributed by atoms with Crippen LogP contribution in [0.25, 0.3) is 0 Å². The van der Waals surface area contributed by atoms with Gasteiger partial charge in [0.15, 0.2) is 0 Å². The van der Waals surface area contributed by atoms with Gasteiger partial charge >= 0.3 is 0 Å². The molecule has 0 radical (unpaired) electrons. The molecule has 0 aliphatic carbocycles.